The molecule has 35 heavy (non-hydrogen) atoms. The molecule has 0 atom stereocenters. The van der Waals surface area contributed by atoms with Gasteiger partial charge in [-0.25, -0.2) is 15.0 Å². The van der Waals surface area contributed by atoms with Gasteiger partial charge in [-0.2, -0.15) is 13.2 Å². The quantitative estimate of drug-likeness (QED) is 0.376. The maximum atomic E-state index is 13.0. The average molecular weight is 478 g/mol. The summed E-state index contributed by atoms with van der Waals surface area (Å²) in [7, 11) is 0. The first-order chi connectivity index (χ1) is 16.8. The third-order valence-electron chi connectivity index (χ3n) is 5.68. The van der Waals surface area contributed by atoms with Crippen LogP contribution in [0, 0.1) is 6.92 Å². The van der Waals surface area contributed by atoms with Gasteiger partial charge in [0.2, 0.25) is 0 Å². The van der Waals surface area contributed by atoms with Gasteiger partial charge in [0, 0.05) is 23.5 Å². The van der Waals surface area contributed by atoms with Crippen LogP contribution in [0.1, 0.15) is 39.9 Å². The van der Waals surface area contributed by atoms with Crippen LogP contribution in [0.5, 0.6) is 0 Å². The van der Waals surface area contributed by atoms with E-state index in [0.717, 1.165) is 36.1 Å². The van der Waals surface area contributed by atoms with E-state index in [2.05, 4.69) is 25.6 Å². The van der Waals surface area contributed by atoms with Crippen LogP contribution in [0.3, 0.4) is 0 Å². The number of imidazole rings is 1. The van der Waals surface area contributed by atoms with E-state index in [1.165, 1.54) is 18.5 Å². The third kappa shape index (κ3) is 5.01. The summed E-state index contributed by atoms with van der Waals surface area (Å²) >= 11 is 0. The van der Waals surface area contributed by atoms with E-state index < -0.39 is 17.6 Å². The second-order valence-corrected chi connectivity index (χ2v) is 8.38. The van der Waals surface area contributed by atoms with Crippen LogP contribution in [0.4, 0.5) is 24.7 Å². The summed E-state index contributed by atoms with van der Waals surface area (Å²) in [5.74, 6) is 0.0861. The number of alkyl halides is 3. The van der Waals surface area contributed by atoms with Crippen molar-refractivity contribution in [2.24, 2.45) is 0 Å². The maximum absolute atomic E-state index is 13.0. The smallest absolute Gasteiger partial charge is 0.365 e. The van der Waals surface area contributed by atoms with Crippen LogP contribution in [0.15, 0.2) is 55.1 Å². The highest BCUT2D eigenvalue weighted by Gasteiger charge is 2.31. The molecule has 0 bridgehead atoms. The molecule has 10 heteroatoms. The number of nitrogens with one attached hydrogen (secondary N) is 2. The summed E-state index contributed by atoms with van der Waals surface area (Å²) in [5, 5.41) is 6.02. The molecule has 2 aromatic heterocycles. The first kappa shape index (κ1) is 22.6. The Morgan fingerprint density at radius 3 is 2.71 bits per heavy atom. The number of carbonyl (C=O) groups excluding carboxylic acids is 1. The van der Waals surface area contributed by atoms with Gasteiger partial charge >= 0.3 is 6.18 Å². The Morgan fingerprint density at radius 2 is 1.94 bits per heavy atom. The van der Waals surface area contributed by atoms with Crippen molar-refractivity contribution in [2.45, 2.75) is 32.0 Å². The number of hydrogen-bond donors (Lipinski definition) is 2. The van der Waals surface area contributed by atoms with E-state index in [0.29, 0.717) is 28.7 Å². The minimum atomic E-state index is -4.52. The standard InChI is InChI=1S/C25H21F3N6O/c1-15-5-6-20(33-24(35)17-3-2-4-18(11-17)25(26,27)28)12-16(15)9-10-34-14-31-21-22(32-19-7-8-19)29-13-30-23(21)34/h2-6,9-14,19H,7-8H2,1H3,(H,33,35)(H,29,30,32). The lowest BCUT2D eigenvalue weighted by Gasteiger charge is -2.10. The number of rotatable bonds is 6. The lowest BCUT2D eigenvalue weighted by atomic mass is 10.1. The minimum Gasteiger partial charge on any atom is -0.365 e. The molecule has 5 rings (SSSR count). The van der Waals surface area contributed by atoms with E-state index in [1.807, 2.05) is 25.3 Å². The fourth-order valence-electron chi connectivity index (χ4n) is 3.59. The molecule has 1 aliphatic rings. The van der Waals surface area contributed by atoms with Gasteiger partial charge in [-0.1, -0.05) is 12.1 Å². The minimum absolute atomic E-state index is 0.0716. The number of aromatic nitrogens is 4. The van der Waals surface area contributed by atoms with E-state index in [4.69, 9.17) is 0 Å². The predicted molar refractivity (Wildman–Crippen MR) is 128 cm³/mol. The number of aryl methyl sites for hydroxylation is 1. The molecule has 1 aliphatic carbocycles. The number of benzene rings is 2. The number of halogens is 3. The van der Waals surface area contributed by atoms with Crippen molar-refractivity contribution in [1.29, 1.82) is 0 Å². The van der Waals surface area contributed by atoms with Crippen LogP contribution < -0.4 is 10.6 Å². The zero-order chi connectivity index (χ0) is 24.6. The van der Waals surface area contributed by atoms with Gasteiger partial charge in [0.1, 0.15) is 12.7 Å². The molecule has 2 heterocycles. The largest absolute Gasteiger partial charge is 0.416 e. The molecule has 1 fully saturated rings. The highest BCUT2D eigenvalue weighted by molar-refractivity contribution is 6.04. The summed E-state index contributed by atoms with van der Waals surface area (Å²) in [6.45, 7) is 1.92. The van der Waals surface area contributed by atoms with Crippen LogP contribution in [0.25, 0.3) is 23.4 Å². The molecule has 0 unspecified atom stereocenters. The van der Waals surface area contributed by atoms with Crippen molar-refractivity contribution in [3.8, 4) is 0 Å². The normalized spacial score (nSPS) is 13.9. The molecular formula is C25H21F3N6O. The fourth-order valence-corrected chi connectivity index (χ4v) is 3.59. The number of nitrogens with zero attached hydrogens (tertiary/aromatic N) is 4. The number of amides is 1. The highest BCUT2D eigenvalue weighted by Crippen LogP contribution is 2.30. The zero-order valence-electron chi connectivity index (χ0n) is 18.7. The topological polar surface area (TPSA) is 84.7 Å². The highest BCUT2D eigenvalue weighted by atomic mass is 19.4. The van der Waals surface area contributed by atoms with Crippen LogP contribution >= 0.6 is 0 Å². The first-order valence-electron chi connectivity index (χ1n) is 11.0. The molecule has 1 amide bonds. The molecule has 4 aromatic rings. The Morgan fingerprint density at radius 1 is 1.11 bits per heavy atom. The molecular weight excluding hydrogens is 457 g/mol. The van der Waals surface area contributed by atoms with Gasteiger partial charge in [0.25, 0.3) is 5.91 Å². The summed E-state index contributed by atoms with van der Waals surface area (Å²) in [5.41, 5.74) is 2.63. The van der Waals surface area contributed by atoms with Crippen molar-refractivity contribution in [2.75, 3.05) is 10.6 Å². The maximum Gasteiger partial charge on any atom is 0.416 e. The number of carbonyl (C=O) groups is 1. The number of anilines is 2. The van der Waals surface area contributed by atoms with E-state index in [-0.39, 0.29) is 5.56 Å². The molecule has 0 aliphatic heterocycles. The summed E-state index contributed by atoms with van der Waals surface area (Å²) in [4.78, 5) is 25.6. The Balaban J connectivity index is 1.36. The Kier molecular flexibility index (Phi) is 5.72. The van der Waals surface area contributed by atoms with Crippen LogP contribution in [-0.2, 0) is 6.18 Å². The van der Waals surface area contributed by atoms with Gasteiger partial charge in [-0.3, -0.25) is 9.36 Å². The van der Waals surface area contributed by atoms with Crippen molar-refractivity contribution in [1.82, 2.24) is 19.5 Å². The monoisotopic (exact) mass is 478 g/mol. The van der Waals surface area contributed by atoms with Crippen LogP contribution in [-0.4, -0.2) is 31.5 Å². The van der Waals surface area contributed by atoms with E-state index in [9.17, 15) is 18.0 Å². The fraction of sp³-hybridized carbons (Fsp3) is 0.200. The first-order valence-corrected chi connectivity index (χ1v) is 11.0. The van der Waals surface area contributed by atoms with Crippen molar-refractivity contribution >= 4 is 40.9 Å². The summed E-state index contributed by atoms with van der Waals surface area (Å²) < 4.78 is 40.7. The van der Waals surface area contributed by atoms with Gasteiger partial charge in [-0.15, -0.1) is 0 Å². The molecule has 2 N–H and O–H groups in total. The predicted octanol–water partition coefficient (Wildman–Crippen LogP) is 5.61. The van der Waals surface area contributed by atoms with E-state index in [1.54, 1.807) is 23.0 Å². The second-order valence-electron chi connectivity index (χ2n) is 8.38. The molecule has 2 aromatic carbocycles. The van der Waals surface area contributed by atoms with Gasteiger partial charge < -0.3 is 10.6 Å². The number of fused-ring (bicyclic) bond motifs is 1. The lowest BCUT2D eigenvalue weighted by molar-refractivity contribution is -0.137. The van der Waals surface area contributed by atoms with Crippen molar-refractivity contribution < 1.29 is 18.0 Å². The number of hydrogen-bond acceptors (Lipinski definition) is 5. The molecule has 7 nitrogen and oxygen atoms in total. The molecule has 1 saturated carbocycles. The Bertz CT molecular complexity index is 1440. The lowest BCUT2D eigenvalue weighted by Crippen LogP contribution is -2.14. The summed E-state index contributed by atoms with van der Waals surface area (Å²) in [6.07, 6.45) is 4.53. The molecule has 178 valence electrons. The van der Waals surface area contributed by atoms with Crippen molar-refractivity contribution in [3.05, 3.63) is 77.4 Å². The third-order valence-corrected chi connectivity index (χ3v) is 5.68. The Hall–Kier alpha value is -4.21. The molecule has 0 radical (unpaired) electrons. The molecule has 0 spiro atoms. The second kappa shape index (κ2) is 8.86. The van der Waals surface area contributed by atoms with Gasteiger partial charge in [0.15, 0.2) is 17.0 Å². The SMILES string of the molecule is Cc1ccc(NC(=O)c2cccc(C(F)(F)F)c2)cc1C=Cn1cnc2c(NC3CC3)ncnc21. The zero-order valence-corrected chi connectivity index (χ0v) is 18.7. The molecule has 0 saturated heterocycles. The average Bonchev–Trinajstić information content (AvgIpc) is 3.55. The van der Waals surface area contributed by atoms with Gasteiger partial charge in [-0.05, 0) is 67.3 Å². The van der Waals surface area contributed by atoms with Crippen LogP contribution in [0.2, 0.25) is 0 Å². The van der Waals surface area contributed by atoms with E-state index >= 15 is 0 Å². The van der Waals surface area contributed by atoms with Crippen molar-refractivity contribution in [3.63, 3.8) is 0 Å². The Labute approximate surface area is 198 Å². The van der Waals surface area contributed by atoms with Gasteiger partial charge in [0.05, 0.1) is 5.56 Å². The summed E-state index contributed by atoms with van der Waals surface area (Å²) in [6, 6.07) is 10.0.